The van der Waals surface area contributed by atoms with E-state index in [0.29, 0.717) is 17.0 Å². The van der Waals surface area contributed by atoms with Gasteiger partial charge in [0.05, 0.1) is 0 Å². The van der Waals surface area contributed by atoms with E-state index in [0.717, 1.165) is 0 Å². The first-order chi connectivity index (χ1) is 10.8. The summed E-state index contributed by atoms with van der Waals surface area (Å²) in [5.74, 6) is -0.330. The summed E-state index contributed by atoms with van der Waals surface area (Å²) in [5, 5.41) is 12.8. The SMILES string of the molecule is CC(C)(C)NC(=O)COc1ccc(-c2n[nH]nc2C(N)=O)cc1. The molecule has 1 heterocycles. The molecule has 23 heavy (non-hydrogen) atoms. The highest BCUT2D eigenvalue weighted by Crippen LogP contribution is 2.22. The topological polar surface area (TPSA) is 123 Å². The Hall–Kier alpha value is -2.90. The van der Waals surface area contributed by atoms with Gasteiger partial charge in [0.15, 0.2) is 12.3 Å². The van der Waals surface area contributed by atoms with E-state index in [1.807, 2.05) is 20.8 Å². The summed E-state index contributed by atoms with van der Waals surface area (Å²) in [5.41, 5.74) is 6.03. The molecular weight excluding hydrogens is 298 g/mol. The van der Waals surface area contributed by atoms with Crippen molar-refractivity contribution in [3.8, 4) is 17.0 Å². The normalized spacial score (nSPS) is 11.1. The number of amides is 2. The van der Waals surface area contributed by atoms with Gasteiger partial charge in [0, 0.05) is 11.1 Å². The van der Waals surface area contributed by atoms with E-state index < -0.39 is 5.91 Å². The van der Waals surface area contributed by atoms with Gasteiger partial charge in [0.25, 0.3) is 11.8 Å². The predicted molar refractivity (Wildman–Crippen MR) is 83.7 cm³/mol. The molecule has 2 aromatic rings. The lowest BCUT2D eigenvalue weighted by molar-refractivity contribution is -0.124. The third-order valence-electron chi connectivity index (χ3n) is 2.79. The molecule has 8 nitrogen and oxygen atoms in total. The Labute approximate surface area is 133 Å². The number of aromatic amines is 1. The van der Waals surface area contributed by atoms with Gasteiger partial charge in [-0.3, -0.25) is 9.59 Å². The van der Waals surface area contributed by atoms with E-state index in [-0.39, 0.29) is 23.7 Å². The number of benzene rings is 1. The Morgan fingerprint density at radius 3 is 2.43 bits per heavy atom. The van der Waals surface area contributed by atoms with Crippen molar-refractivity contribution in [1.29, 1.82) is 0 Å². The summed E-state index contributed by atoms with van der Waals surface area (Å²) >= 11 is 0. The molecule has 0 aliphatic rings. The van der Waals surface area contributed by atoms with Gasteiger partial charge in [-0.25, -0.2) is 0 Å². The van der Waals surface area contributed by atoms with E-state index in [9.17, 15) is 9.59 Å². The molecule has 8 heteroatoms. The monoisotopic (exact) mass is 317 g/mol. The fourth-order valence-corrected chi connectivity index (χ4v) is 1.92. The smallest absolute Gasteiger partial charge is 0.271 e. The van der Waals surface area contributed by atoms with Crippen molar-refractivity contribution in [2.24, 2.45) is 5.73 Å². The first-order valence-electron chi connectivity index (χ1n) is 7.01. The number of ether oxygens (including phenoxy) is 1. The Bertz CT molecular complexity index is 701. The molecule has 122 valence electrons. The zero-order valence-electron chi connectivity index (χ0n) is 13.2. The number of rotatable bonds is 5. The van der Waals surface area contributed by atoms with Gasteiger partial charge >= 0.3 is 0 Å². The second-order valence-corrected chi connectivity index (χ2v) is 6.00. The van der Waals surface area contributed by atoms with Crippen LogP contribution in [-0.4, -0.2) is 39.4 Å². The molecule has 0 saturated heterocycles. The minimum atomic E-state index is -0.659. The predicted octanol–water partition coefficient (Wildman–Crippen LogP) is 0.864. The van der Waals surface area contributed by atoms with E-state index in [1.54, 1.807) is 24.3 Å². The number of carbonyl (C=O) groups excluding carboxylic acids is 2. The van der Waals surface area contributed by atoms with Crippen molar-refractivity contribution in [1.82, 2.24) is 20.7 Å². The number of nitrogens with one attached hydrogen (secondary N) is 2. The lowest BCUT2D eigenvalue weighted by Gasteiger charge is -2.20. The van der Waals surface area contributed by atoms with Crippen LogP contribution < -0.4 is 15.8 Å². The second kappa shape index (κ2) is 6.47. The van der Waals surface area contributed by atoms with Crippen molar-refractivity contribution in [3.63, 3.8) is 0 Å². The van der Waals surface area contributed by atoms with Gasteiger partial charge in [-0.1, -0.05) is 0 Å². The molecular formula is C15H19N5O3. The van der Waals surface area contributed by atoms with Crippen LogP contribution in [0, 0.1) is 0 Å². The molecule has 0 fully saturated rings. The summed E-state index contributed by atoms with van der Waals surface area (Å²) in [6.45, 7) is 5.61. The maximum absolute atomic E-state index is 11.7. The molecule has 0 atom stereocenters. The highest BCUT2D eigenvalue weighted by Gasteiger charge is 2.16. The highest BCUT2D eigenvalue weighted by molar-refractivity contribution is 5.96. The molecule has 0 unspecified atom stereocenters. The van der Waals surface area contributed by atoms with Crippen LogP contribution >= 0.6 is 0 Å². The van der Waals surface area contributed by atoms with Crippen molar-refractivity contribution in [2.45, 2.75) is 26.3 Å². The molecule has 4 N–H and O–H groups in total. The van der Waals surface area contributed by atoms with Crippen LogP contribution in [-0.2, 0) is 4.79 Å². The van der Waals surface area contributed by atoms with Crippen LogP contribution in [0.15, 0.2) is 24.3 Å². The van der Waals surface area contributed by atoms with Crippen LogP contribution in [0.2, 0.25) is 0 Å². The van der Waals surface area contributed by atoms with Crippen LogP contribution in [0.4, 0.5) is 0 Å². The first-order valence-corrected chi connectivity index (χ1v) is 7.01. The van der Waals surface area contributed by atoms with Crippen molar-refractivity contribution < 1.29 is 14.3 Å². The number of H-pyrrole nitrogens is 1. The number of nitrogens with zero attached hydrogens (tertiary/aromatic N) is 2. The molecule has 0 radical (unpaired) electrons. The third kappa shape index (κ3) is 4.53. The third-order valence-corrected chi connectivity index (χ3v) is 2.79. The van der Waals surface area contributed by atoms with Gasteiger partial charge in [-0.2, -0.15) is 15.4 Å². The van der Waals surface area contributed by atoms with E-state index in [4.69, 9.17) is 10.5 Å². The Kier molecular flexibility index (Phi) is 4.63. The maximum Gasteiger partial charge on any atom is 0.271 e. The van der Waals surface area contributed by atoms with Crippen molar-refractivity contribution in [2.75, 3.05) is 6.61 Å². The van der Waals surface area contributed by atoms with E-state index in [1.165, 1.54) is 0 Å². The number of primary amides is 1. The Morgan fingerprint density at radius 1 is 1.22 bits per heavy atom. The lowest BCUT2D eigenvalue weighted by atomic mass is 10.1. The fourth-order valence-electron chi connectivity index (χ4n) is 1.92. The number of hydrogen-bond acceptors (Lipinski definition) is 5. The average Bonchev–Trinajstić information content (AvgIpc) is 2.93. The average molecular weight is 317 g/mol. The fraction of sp³-hybridized carbons (Fsp3) is 0.333. The molecule has 0 aliphatic carbocycles. The number of hydrogen-bond donors (Lipinski definition) is 3. The number of aromatic nitrogens is 3. The zero-order chi connectivity index (χ0) is 17.0. The summed E-state index contributed by atoms with van der Waals surface area (Å²) < 4.78 is 5.42. The van der Waals surface area contributed by atoms with Crippen LogP contribution in [0.1, 0.15) is 31.3 Å². The molecule has 0 bridgehead atoms. The molecule has 0 aliphatic heterocycles. The minimum absolute atomic E-state index is 0.0724. The molecule has 1 aromatic carbocycles. The van der Waals surface area contributed by atoms with Crippen LogP contribution in [0.5, 0.6) is 5.75 Å². The molecule has 0 spiro atoms. The Morgan fingerprint density at radius 2 is 1.87 bits per heavy atom. The maximum atomic E-state index is 11.7. The largest absolute Gasteiger partial charge is 0.484 e. The zero-order valence-corrected chi connectivity index (χ0v) is 13.2. The van der Waals surface area contributed by atoms with Crippen LogP contribution in [0.25, 0.3) is 11.3 Å². The standard InChI is InChI=1S/C15H19N5O3/c1-15(2,3)17-11(21)8-23-10-6-4-9(5-7-10)12-13(14(16)22)19-20-18-12/h4-7H,8H2,1-3H3,(H2,16,22)(H,17,21)(H,18,19,20). The Balaban J connectivity index is 2.01. The summed E-state index contributed by atoms with van der Waals surface area (Å²) in [6.07, 6.45) is 0. The van der Waals surface area contributed by atoms with Gasteiger partial charge in [0.1, 0.15) is 11.4 Å². The summed E-state index contributed by atoms with van der Waals surface area (Å²) in [6, 6.07) is 6.78. The molecule has 1 aromatic heterocycles. The first kappa shape index (κ1) is 16.5. The van der Waals surface area contributed by atoms with Crippen molar-refractivity contribution >= 4 is 11.8 Å². The summed E-state index contributed by atoms with van der Waals surface area (Å²) in [7, 11) is 0. The second-order valence-electron chi connectivity index (χ2n) is 6.00. The highest BCUT2D eigenvalue weighted by atomic mass is 16.5. The minimum Gasteiger partial charge on any atom is -0.484 e. The molecule has 2 amide bonds. The van der Waals surface area contributed by atoms with Crippen LogP contribution in [0.3, 0.4) is 0 Å². The quantitative estimate of drug-likeness (QED) is 0.755. The van der Waals surface area contributed by atoms with Crippen molar-refractivity contribution in [3.05, 3.63) is 30.0 Å². The molecule has 2 rings (SSSR count). The number of nitrogens with two attached hydrogens (primary N) is 1. The number of carbonyl (C=O) groups is 2. The summed E-state index contributed by atoms with van der Waals surface area (Å²) in [4.78, 5) is 22.9. The van der Waals surface area contributed by atoms with Gasteiger partial charge in [-0.15, -0.1) is 0 Å². The van der Waals surface area contributed by atoms with Gasteiger partial charge < -0.3 is 15.8 Å². The van der Waals surface area contributed by atoms with Gasteiger partial charge in [0.2, 0.25) is 0 Å². The lowest BCUT2D eigenvalue weighted by Crippen LogP contribution is -2.43. The molecule has 0 saturated carbocycles. The van der Waals surface area contributed by atoms with E-state index in [2.05, 4.69) is 20.7 Å². The van der Waals surface area contributed by atoms with Gasteiger partial charge in [-0.05, 0) is 45.0 Å². The van der Waals surface area contributed by atoms with E-state index >= 15 is 0 Å².